The zero-order valence-corrected chi connectivity index (χ0v) is 11.8. The van der Waals surface area contributed by atoms with Crippen molar-refractivity contribution in [3.63, 3.8) is 0 Å². The van der Waals surface area contributed by atoms with Crippen LogP contribution in [0.5, 0.6) is 0 Å². The number of rotatable bonds is 6. The number of pyridine rings is 1. The first kappa shape index (κ1) is 15.2. The quantitative estimate of drug-likeness (QED) is 0.866. The topological polar surface area (TPSA) is 36.4 Å². The molecular weight excluding hydrogens is 255 g/mol. The minimum Gasteiger partial charge on any atom is -0.396 e. The predicted octanol–water partition coefficient (Wildman–Crippen LogP) is 3.11. The highest BCUT2D eigenvalue weighted by Gasteiger charge is 2.28. The van der Waals surface area contributed by atoms with Crippen LogP contribution in [0.4, 0.5) is 10.2 Å². The van der Waals surface area contributed by atoms with E-state index in [9.17, 15) is 9.50 Å². The molecule has 102 valence electrons. The molecule has 1 rings (SSSR count). The Morgan fingerprint density at radius 2 is 2.06 bits per heavy atom. The lowest BCUT2D eigenvalue weighted by Crippen LogP contribution is -2.38. The summed E-state index contributed by atoms with van der Waals surface area (Å²) >= 11 is 5.68. The maximum absolute atomic E-state index is 13.7. The fraction of sp³-hybridized carbons (Fsp3) is 0.615. The van der Waals surface area contributed by atoms with Gasteiger partial charge >= 0.3 is 0 Å². The third kappa shape index (κ3) is 3.33. The molecule has 0 aliphatic rings. The van der Waals surface area contributed by atoms with Gasteiger partial charge in [0.25, 0.3) is 0 Å². The Morgan fingerprint density at radius 3 is 2.50 bits per heavy atom. The Hall–Kier alpha value is -0.870. The highest BCUT2D eigenvalue weighted by atomic mass is 35.5. The summed E-state index contributed by atoms with van der Waals surface area (Å²) in [5.74, 6) is -0.178. The van der Waals surface area contributed by atoms with E-state index in [1.807, 2.05) is 13.8 Å². The fourth-order valence-corrected chi connectivity index (χ4v) is 2.16. The summed E-state index contributed by atoms with van der Waals surface area (Å²) < 4.78 is 13.7. The SMILES string of the molecule is CCC(CC)(CO)CN(C)c1ncc(Cl)cc1F. The van der Waals surface area contributed by atoms with Crippen LogP contribution in [-0.4, -0.2) is 30.3 Å². The molecule has 0 spiro atoms. The van der Waals surface area contributed by atoms with Crippen molar-refractivity contribution >= 4 is 17.4 Å². The van der Waals surface area contributed by atoms with Crippen molar-refractivity contribution in [1.82, 2.24) is 4.98 Å². The van der Waals surface area contributed by atoms with Crippen molar-refractivity contribution < 1.29 is 9.50 Å². The Morgan fingerprint density at radius 1 is 1.44 bits per heavy atom. The predicted molar refractivity (Wildman–Crippen MR) is 72.6 cm³/mol. The molecule has 0 amide bonds. The second-order valence-corrected chi connectivity index (χ2v) is 5.12. The van der Waals surface area contributed by atoms with Gasteiger partial charge in [-0.1, -0.05) is 25.4 Å². The lowest BCUT2D eigenvalue weighted by Gasteiger charge is -2.34. The maximum atomic E-state index is 13.7. The lowest BCUT2D eigenvalue weighted by molar-refractivity contribution is 0.121. The van der Waals surface area contributed by atoms with E-state index in [1.54, 1.807) is 11.9 Å². The van der Waals surface area contributed by atoms with Crippen molar-refractivity contribution in [3.8, 4) is 0 Å². The molecule has 0 aromatic carbocycles. The van der Waals surface area contributed by atoms with Gasteiger partial charge in [0, 0.05) is 25.2 Å². The van der Waals surface area contributed by atoms with Crippen molar-refractivity contribution in [2.75, 3.05) is 25.1 Å². The second kappa shape index (κ2) is 6.34. The van der Waals surface area contributed by atoms with Gasteiger partial charge in [-0.25, -0.2) is 9.37 Å². The van der Waals surface area contributed by atoms with Crippen LogP contribution in [0.25, 0.3) is 0 Å². The summed E-state index contributed by atoms with van der Waals surface area (Å²) in [6.07, 6.45) is 3.09. The van der Waals surface area contributed by atoms with Crippen molar-refractivity contribution in [3.05, 3.63) is 23.1 Å². The highest BCUT2D eigenvalue weighted by Crippen LogP contribution is 2.29. The molecule has 1 heterocycles. The van der Waals surface area contributed by atoms with Crippen LogP contribution in [0.15, 0.2) is 12.3 Å². The van der Waals surface area contributed by atoms with Crippen LogP contribution >= 0.6 is 11.6 Å². The first-order valence-electron chi connectivity index (χ1n) is 6.11. The fourth-order valence-electron chi connectivity index (χ4n) is 2.01. The molecule has 0 saturated carbocycles. The third-order valence-electron chi connectivity index (χ3n) is 3.56. The van der Waals surface area contributed by atoms with Gasteiger partial charge in [-0.3, -0.25) is 0 Å². The van der Waals surface area contributed by atoms with Gasteiger partial charge in [0.15, 0.2) is 11.6 Å². The van der Waals surface area contributed by atoms with Crippen molar-refractivity contribution in [2.45, 2.75) is 26.7 Å². The summed E-state index contributed by atoms with van der Waals surface area (Å²) in [6.45, 7) is 4.69. The molecule has 0 unspecified atom stereocenters. The summed E-state index contributed by atoms with van der Waals surface area (Å²) in [7, 11) is 1.77. The molecule has 0 atom stereocenters. The number of halogens is 2. The number of aliphatic hydroxyl groups excluding tert-OH is 1. The van der Waals surface area contributed by atoms with Crippen LogP contribution in [0.3, 0.4) is 0 Å². The smallest absolute Gasteiger partial charge is 0.167 e. The van der Waals surface area contributed by atoms with Gasteiger partial charge in [-0.05, 0) is 18.9 Å². The molecule has 0 bridgehead atoms. The lowest BCUT2D eigenvalue weighted by atomic mass is 9.83. The van der Waals surface area contributed by atoms with E-state index < -0.39 is 5.82 Å². The normalized spacial score (nSPS) is 11.7. The van der Waals surface area contributed by atoms with Gasteiger partial charge in [-0.15, -0.1) is 0 Å². The van der Waals surface area contributed by atoms with Gasteiger partial charge in [0.05, 0.1) is 11.6 Å². The minimum atomic E-state index is -0.441. The van der Waals surface area contributed by atoms with Crippen molar-refractivity contribution in [2.24, 2.45) is 5.41 Å². The molecule has 0 aliphatic heterocycles. The molecule has 3 nitrogen and oxygen atoms in total. The molecule has 1 N–H and O–H groups in total. The van der Waals surface area contributed by atoms with Gasteiger partial charge < -0.3 is 10.0 Å². The number of anilines is 1. The Balaban J connectivity index is 2.90. The van der Waals surface area contributed by atoms with E-state index >= 15 is 0 Å². The number of hydrogen-bond donors (Lipinski definition) is 1. The molecule has 0 fully saturated rings. The minimum absolute atomic E-state index is 0.0829. The highest BCUT2D eigenvalue weighted by molar-refractivity contribution is 6.30. The Labute approximate surface area is 113 Å². The Bertz CT molecular complexity index is 388. The van der Waals surface area contributed by atoms with Crippen LogP contribution < -0.4 is 4.90 Å². The first-order chi connectivity index (χ1) is 8.48. The van der Waals surface area contributed by atoms with Gasteiger partial charge in [0.1, 0.15) is 0 Å². The second-order valence-electron chi connectivity index (χ2n) is 4.68. The van der Waals surface area contributed by atoms with Gasteiger partial charge in [0.2, 0.25) is 0 Å². The van der Waals surface area contributed by atoms with Crippen molar-refractivity contribution in [1.29, 1.82) is 0 Å². The molecule has 0 saturated heterocycles. The summed E-state index contributed by atoms with van der Waals surface area (Å²) in [4.78, 5) is 5.73. The molecule has 5 heteroatoms. The number of aromatic nitrogens is 1. The van der Waals surface area contributed by atoms with E-state index in [1.165, 1.54) is 12.3 Å². The molecule has 0 aliphatic carbocycles. The maximum Gasteiger partial charge on any atom is 0.167 e. The monoisotopic (exact) mass is 274 g/mol. The zero-order chi connectivity index (χ0) is 13.8. The summed E-state index contributed by atoms with van der Waals surface area (Å²) in [6, 6.07) is 1.25. The molecular formula is C13H20ClFN2O. The Kier molecular flexibility index (Phi) is 5.35. The van der Waals surface area contributed by atoms with E-state index in [2.05, 4.69) is 4.98 Å². The molecule has 1 aromatic heterocycles. The van der Waals surface area contributed by atoms with Crippen LogP contribution in [0.1, 0.15) is 26.7 Å². The molecule has 18 heavy (non-hydrogen) atoms. The average molecular weight is 275 g/mol. The zero-order valence-electron chi connectivity index (χ0n) is 11.1. The van der Waals surface area contributed by atoms with E-state index in [0.717, 1.165) is 12.8 Å². The van der Waals surface area contributed by atoms with Crippen LogP contribution in [0, 0.1) is 11.2 Å². The largest absolute Gasteiger partial charge is 0.396 e. The first-order valence-corrected chi connectivity index (χ1v) is 6.49. The summed E-state index contributed by atoms with van der Waals surface area (Å²) in [5.41, 5.74) is -0.220. The number of aliphatic hydroxyl groups is 1. The average Bonchev–Trinajstić information content (AvgIpc) is 2.36. The third-order valence-corrected chi connectivity index (χ3v) is 3.76. The summed E-state index contributed by atoms with van der Waals surface area (Å²) in [5, 5.41) is 9.81. The molecule has 1 aromatic rings. The molecule has 0 radical (unpaired) electrons. The number of nitrogens with zero attached hydrogens (tertiary/aromatic N) is 2. The van der Waals surface area contributed by atoms with E-state index in [-0.39, 0.29) is 22.9 Å². The number of hydrogen-bond acceptors (Lipinski definition) is 3. The van der Waals surface area contributed by atoms with E-state index in [0.29, 0.717) is 6.54 Å². The standard InChI is InChI=1S/C13H20ClFN2O/c1-4-13(5-2,9-18)8-17(3)12-11(15)6-10(14)7-16-12/h6-7,18H,4-5,8-9H2,1-3H3. The van der Waals surface area contributed by atoms with Crippen LogP contribution in [0.2, 0.25) is 5.02 Å². The van der Waals surface area contributed by atoms with E-state index in [4.69, 9.17) is 11.6 Å². The van der Waals surface area contributed by atoms with Crippen LogP contribution in [-0.2, 0) is 0 Å². The van der Waals surface area contributed by atoms with Gasteiger partial charge in [-0.2, -0.15) is 0 Å².